The van der Waals surface area contributed by atoms with Crippen molar-refractivity contribution in [2.45, 2.75) is 44.9 Å². The summed E-state index contributed by atoms with van der Waals surface area (Å²) in [4.78, 5) is 12.0. The van der Waals surface area contributed by atoms with Crippen LogP contribution in [0.1, 0.15) is 50.7 Å². The van der Waals surface area contributed by atoms with Crippen LogP contribution in [0.25, 0.3) is 0 Å². The quantitative estimate of drug-likeness (QED) is 0.755. The molecule has 98 valence electrons. The SMILES string of the molecule is CCOC(=O)C1CCC(C)(C)c2cc(Cl)ccc21. The first-order chi connectivity index (χ1) is 8.45. The number of hydrogen-bond acceptors (Lipinski definition) is 2. The summed E-state index contributed by atoms with van der Waals surface area (Å²) in [5, 5.41) is 0.728. The Kier molecular flexibility index (Phi) is 3.67. The number of fused-ring (bicyclic) bond motifs is 1. The maximum absolute atomic E-state index is 12.0. The van der Waals surface area contributed by atoms with Crippen LogP contribution < -0.4 is 0 Å². The lowest BCUT2D eigenvalue weighted by atomic mass is 9.69. The van der Waals surface area contributed by atoms with E-state index in [4.69, 9.17) is 16.3 Å². The summed E-state index contributed by atoms with van der Waals surface area (Å²) in [6, 6.07) is 5.82. The number of rotatable bonds is 2. The molecule has 0 fully saturated rings. The molecule has 0 heterocycles. The standard InChI is InChI=1S/C15H19ClO2/c1-4-18-14(17)12-7-8-15(2,3)13-9-10(16)5-6-11(12)13/h5-6,9,12H,4,7-8H2,1-3H3. The summed E-state index contributed by atoms with van der Waals surface area (Å²) >= 11 is 6.08. The van der Waals surface area contributed by atoms with Crippen molar-refractivity contribution >= 4 is 17.6 Å². The third-order valence-electron chi connectivity index (χ3n) is 3.75. The normalized spacial score (nSPS) is 21.2. The predicted molar refractivity (Wildman–Crippen MR) is 73.1 cm³/mol. The highest BCUT2D eigenvalue weighted by atomic mass is 35.5. The molecule has 1 atom stereocenters. The number of carbonyl (C=O) groups excluding carboxylic acids is 1. The van der Waals surface area contributed by atoms with Crippen molar-refractivity contribution < 1.29 is 9.53 Å². The van der Waals surface area contributed by atoms with E-state index in [0.29, 0.717) is 6.61 Å². The molecule has 0 bridgehead atoms. The molecule has 1 aliphatic rings. The monoisotopic (exact) mass is 266 g/mol. The van der Waals surface area contributed by atoms with Gasteiger partial charge in [0, 0.05) is 5.02 Å². The second-order valence-electron chi connectivity index (χ2n) is 5.46. The highest BCUT2D eigenvalue weighted by Gasteiger charge is 2.36. The van der Waals surface area contributed by atoms with Crippen LogP contribution in [0.4, 0.5) is 0 Å². The van der Waals surface area contributed by atoms with Crippen LogP contribution in [0, 0.1) is 0 Å². The first kappa shape index (κ1) is 13.4. The zero-order chi connectivity index (χ0) is 13.3. The van der Waals surface area contributed by atoms with Gasteiger partial charge in [-0.05, 0) is 48.4 Å². The molecule has 0 amide bonds. The summed E-state index contributed by atoms with van der Waals surface area (Å²) < 4.78 is 5.16. The van der Waals surface area contributed by atoms with Gasteiger partial charge < -0.3 is 4.74 Å². The molecular formula is C15H19ClO2. The zero-order valence-corrected chi connectivity index (χ0v) is 11.9. The van der Waals surface area contributed by atoms with Crippen molar-refractivity contribution in [1.82, 2.24) is 0 Å². The third-order valence-corrected chi connectivity index (χ3v) is 3.98. The molecule has 2 nitrogen and oxygen atoms in total. The summed E-state index contributed by atoms with van der Waals surface area (Å²) in [5.41, 5.74) is 2.33. The zero-order valence-electron chi connectivity index (χ0n) is 11.1. The molecular weight excluding hydrogens is 248 g/mol. The molecule has 3 heteroatoms. The smallest absolute Gasteiger partial charge is 0.313 e. The Morgan fingerprint density at radius 1 is 1.50 bits per heavy atom. The van der Waals surface area contributed by atoms with Crippen molar-refractivity contribution in [3.8, 4) is 0 Å². The Labute approximate surface area is 113 Å². The second kappa shape index (κ2) is 4.93. The second-order valence-corrected chi connectivity index (χ2v) is 5.90. The Bertz CT molecular complexity index is 466. The number of esters is 1. The highest BCUT2D eigenvalue weighted by Crippen LogP contribution is 2.43. The van der Waals surface area contributed by atoms with Crippen molar-refractivity contribution in [2.75, 3.05) is 6.61 Å². The first-order valence-corrected chi connectivity index (χ1v) is 6.80. The van der Waals surface area contributed by atoms with Crippen LogP contribution in [0.2, 0.25) is 5.02 Å². The fourth-order valence-electron chi connectivity index (χ4n) is 2.70. The van der Waals surface area contributed by atoms with Gasteiger partial charge in [0.25, 0.3) is 0 Å². The van der Waals surface area contributed by atoms with E-state index in [0.717, 1.165) is 23.4 Å². The van der Waals surface area contributed by atoms with Gasteiger partial charge in [0.05, 0.1) is 12.5 Å². The molecule has 0 aliphatic heterocycles. The lowest BCUT2D eigenvalue weighted by Gasteiger charge is -2.36. The van der Waals surface area contributed by atoms with Gasteiger partial charge in [-0.3, -0.25) is 4.79 Å². The van der Waals surface area contributed by atoms with E-state index >= 15 is 0 Å². The Hall–Kier alpha value is -1.02. The van der Waals surface area contributed by atoms with Gasteiger partial charge in [-0.25, -0.2) is 0 Å². The van der Waals surface area contributed by atoms with Crippen LogP contribution in [0.3, 0.4) is 0 Å². The molecule has 0 saturated carbocycles. The van der Waals surface area contributed by atoms with Crippen molar-refractivity contribution in [3.63, 3.8) is 0 Å². The van der Waals surface area contributed by atoms with Gasteiger partial charge in [-0.15, -0.1) is 0 Å². The van der Waals surface area contributed by atoms with Crippen LogP contribution in [-0.2, 0) is 14.9 Å². The third kappa shape index (κ3) is 2.39. The summed E-state index contributed by atoms with van der Waals surface area (Å²) in [7, 11) is 0. The van der Waals surface area contributed by atoms with E-state index in [1.54, 1.807) is 0 Å². The number of ether oxygens (including phenoxy) is 1. The minimum Gasteiger partial charge on any atom is -0.466 e. The van der Waals surface area contributed by atoms with Crippen molar-refractivity contribution in [1.29, 1.82) is 0 Å². The van der Waals surface area contributed by atoms with Crippen LogP contribution in [-0.4, -0.2) is 12.6 Å². The van der Waals surface area contributed by atoms with Gasteiger partial charge in [0.1, 0.15) is 0 Å². The van der Waals surface area contributed by atoms with Crippen molar-refractivity contribution in [3.05, 3.63) is 34.3 Å². The lowest BCUT2D eigenvalue weighted by Crippen LogP contribution is -2.30. The van der Waals surface area contributed by atoms with E-state index in [-0.39, 0.29) is 17.3 Å². The molecule has 0 aromatic heterocycles. The molecule has 0 spiro atoms. The van der Waals surface area contributed by atoms with Gasteiger partial charge in [-0.2, -0.15) is 0 Å². The predicted octanol–water partition coefficient (Wildman–Crippen LogP) is 4.06. The van der Waals surface area contributed by atoms with Crippen LogP contribution in [0.5, 0.6) is 0 Å². The molecule has 0 saturated heterocycles. The topological polar surface area (TPSA) is 26.3 Å². The summed E-state index contributed by atoms with van der Waals surface area (Å²) in [5.74, 6) is -0.248. The van der Waals surface area contributed by atoms with E-state index in [2.05, 4.69) is 13.8 Å². The molecule has 1 aromatic carbocycles. The fourth-order valence-corrected chi connectivity index (χ4v) is 2.87. The van der Waals surface area contributed by atoms with E-state index in [1.165, 1.54) is 5.56 Å². The van der Waals surface area contributed by atoms with E-state index in [1.807, 2.05) is 25.1 Å². The average Bonchev–Trinajstić information content (AvgIpc) is 2.30. The molecule has 0 radical (unpaired) electrons. The lowest BCUT2D eigenvalue weighted by molar-refractivity contribution is -0.145. The fraction of sp³-hybridized carbons (Fsp3) is 0.533. The molecule has 18 heavy (non-hydrogen) atoms. The Balaban J connectivity index is 2.43. The summed E-state index contributed by atoms with van der Waals surface area (Å²) in [6.45, 7) is 6.67. The van der Waals surface area contributed by atoms with Gasteiger partial charge >= 0.3 is 5.97 Å². The van der Waals surface area contributed by atoms with Gasteiger partial charge in [0.2, 0.25) is 0 Å². The number of halogens is 1. The molecule has 1 unspecified atom stereocenters. The van der Waals surface area contributed by atoms with Gasteiger partial charge in [0.15, 0.2) is 0 Å². The van der Waals surface area contributed by atoms with E-state index < -0.39 is 0 Å². The minimum atomic E-state index is -0.134. The average molecular weight is 267 g/mol. The molecule has 2 rings (SSSR count). The van der Waals surface area contributed by atoms with Gasteiger partial charge in [-0.1, -0.05) is 31.5 Å². The number of carbonyl (C=O) groups is 1. The maximum Gasteiger partial charge on any atom is 0.313 e. The van der Waals surface area contributed by atoms with Crippen LogP contribution >= 0.6 is 11.6 Å². The molecule has 1 aliphatic carbocycles. The van der Waals surface area contributed by atoms with Crippen molar-refractivity contribution in [2.24, 2.45) is 0 Å². The Morgan fingerprint density at radius 3 is 2.89 bits per heavy atom. The maximum atomic E-state index is 12.0. The first-order valence-electron chi connectivity index (χ1n) is 6.42. The Morgan fingerprint density at radius 2 is 2.22 bits per heavy atom. The highest BCUT2D eigenvalue weighted by molar-refractivity contribution is 6.30. The largest absolute Gasteiger partial charge is 0.466 e. The number of hydrogen-bond donors (Lipinski definition) is 0. The molecule has 0 N–H and O–H groups in total. The van der Waals surface area contributed by atoms with E-state index in [9.17, 15) is 4.79 Å². The molecule has 1 aromatic rings. The number of benzene rings is 1. The summed E-state index contributed by atoms with van der Waals surface area (Å²) in [6.07, 6.45) is 1.82. The minimum absolute atomic E-state index is 0.0726. The van der Waals surface area contributed by atoms with Crippen LogP contribution in [0.15, 0.2) is 18.2 Å².